The summed E-state index contributed by atoms with van der Waals surface area (Å²) in [4.78, 5) is 32.8. The lowest BCUT2D eigenvalue weighted by Gasteiger charge is -2.12. The van der Waals surface area contributed by atoms with E-state index in [2.05, 4.69) is 20.4 Å². The van der Waals surface area contributed by atoms with Gasteiger partial charge < -0.3 is 14.8 Å². The van der Waals surface area contributed by atoms with Crippen LogP contribution in [0.25, 0.3) is 5.95 Å². The van der Waals surface area contributed by atoms with E-state index in [1.165, 1.54) is 18.7 Å². The number of ether oxygens (including phenoxy) is 2. The summed E-state index contributed by atoms with van der Waals surface area (Å²) >= 11 is 0. The van der Waals surface area contributed by atoms with E-state index in [4.69, 9.17) is 9.47 Å². The number of benzene rings is 1. The van der Waals surface area contributed by atoms with Crippen molar-refractivity contribution in [3.8, 4) is 17.4 Å². The molecule has 30 heavy (non-hydrogen) atoms. The first-order chi connectivity index (χ1) is 14.3. The van der Waals surface area contributed by atoms with E-state index in [1.54, 1.807) is 24.3 Å². The Morgan fingerprint density at radius 1 is 1.00 bits per heavy atom. The van der Waals surface area contributed by atoms with Gasteiger partial charge in [-0.3, -0.25) is 9.59 Å². The zero-order valence-corrected chi connectivity index (χ0v) is 17.5. The van der Waals surface area contributed by atoms with Crippen molar-refractivity contribution in [2.45, 2.75) is 27.7 Å². The molecule has 0 aliphatic rings. The molecule has 2 heterocycles. The molecular weight excluding hydrogens is 386 g/mol. The van der Waals surface area contributed by atoms with E-state index < -0.39 is 5.91 Å². The topological polar surface area (TPSA) is 108 Å². The summed E-state index contributed by atoms with van der Waals surface area (Å²) in [5.74, 6) is 1.07. The van der Waals surface area contributed by atoms with Gasteiger partial charge in [-0.2, -0.15) is 9.78 Å². The molecule has 0 spiro atoms. The van der Waals surface area contributed by atoms with Crippen LogP contribution in [0, 0.1) is 20.8 Å². The molecule has 9 heteroatoms. The van der Waals surface area contributed by atoms with Gasteiger partial charge in [0.1, 0.15) is 5.82 Å². The van der Waals surface area contributed by atoms with E-state index in [9.17, 15) is 9.59 Å². The van der Waals surface area contributed by atoms with Crippen LogP contribution in [0.5, 0.6) is 11.5 Å². The van der Waals surface area contributed by atoms with Gasteiger partial charge in [0.05, 0.1) is 12.8 Å². The molecule has 156 valence electrons. The quantitative estimate of drug-likeness (QED) is 0.598. The summed E-state index contributed by atoms with van der Waals surface area (Å²) in [6.07, 6.45) is 0. The normalized spacial score (nSPS) is 10.6. The molecule has 3 rings (SSSR count). The first-order valence-electron chi connectivity index (χ1n) is 9.27. The Labute approximate surface area is 174 Å². The summed E-state index contributed by atoms with van der Waals surface area (Å²) in [7, 11) is 1.47. The van der Waals surface area contributed by atoms with E-state index in [1.807, 2.05) is 26.8 Å². The van der Waals surface area contributed by atoms with Crippen LogP contribution in [0.15, 0.2) is 30.3 Å². The molecule has 0 radical (unpaired) electrons. The van der Waals surface area contributed by atoms with Crippen LogP contribution in [-0.4, -0.2) is 45.2 Å². The maximum atomic E-state index is 12.5. The zero-order valence-electron chi connectivity index (χ0n) is 17.5. The number of nitrogens with zero attached hydrogens (tertiary/aromatic N) is 4. The molecule has 1 N–H and O–H groups in total. The molecule has 0 atom stereocenters. The van der Waals surface area contributed by atoms with Crippen LogP contribution in [-0.2, 0) is 4.79 Å². The Morgan fingerprint density at radius 3 is 2.33 bits per heavy atom. The Hall–Kier alpha value is -3.75. The molecule has 0 bridgehead atoms. The number of hydrogen-bond acceptors (Lipinski definition) is 7. The number of ketones is 1. The third-order valence-electron chi connectivity index (χ3n) is 4.19. The second kappa shape index (κ2) is 8.73. The fourth-order valence-corrected chi connectivity index (χ4v) is 2.87. The minimum absolute atomic E-state index is 0.0881. The predicted molar refractivity (Wildman–Crippen MR) is 110 cm³/mol. The van der Waals surface area contributed by atoms with E-state index in [0.717, 1.165) is 11.4 Å². The minimum Gasteiger partial charge on any atom is -0.493 e. The molecule has 0 unspecified atom stereocenters. The molecule has 9 nitrogen and oxygen atoms in total. The van der Waals surface area contributed by atoms with Gasteiger partial charge in [0.2, 0.25) is 0 Å². The minimum atomic E-state index is -0.391. The number of aromatic nitrogens is 4. The van der Waals surface area contributed by atoms with E-state index in [-0.39, 0.29) is 12.4 Å². The van der Waals surface area contributed by atoms with E-state index >= 15 is 0 Å². The zero-order chi connectivity index (χ0) is 21.8. The number of carbonyl (C=O) groups excluding carboxylic acids is 2. The number of aryl methyl sites for hydroxylation is 3. The molecule has 0 aliphatic carbocycles. The van der Waals surface area contributed by atoms with Gasteiger partial charge in [0.15, 0.2) is 23.9 Å². The number of amides is 1. The first kappa shape index (κ1) is 21.0. The van der Waals surface area contributed by atoms with Gasteiger partial charge >= 0.3 is 0 Å². The lowest BCUT2D eigenvalue weighted by Crippen LogP contribution is -2.22. The summed E-state index contributed by atoms with van der Waals surface area (Å²) < 4.78 is 12.3. The molecule has 1 amide bonds. The van der Waals surface area contributed by atoms with Crippen LogP contribution in [0.2, 0.25) is 0 Å². The number of carbonyl (C=O) groups is 2. The highest BCUT2D eigenvalue weighted by Crippen LogP contribution is 2.28. The SMILES string of the molecule is COc1cc(C(C)=O)ccc1OCC(=O)Nc1cc(C)nn1-c1nc(C)cc(C)n1. The molecule has 2 aromatic heterocycles. The van der Waals surface area contributed by atoms with Crippen LogP contribution in [0.1, 0.15) is 34.4 Å². The van der Waals surface area contributed by atoms with Crippen LogP contribution >= 0.6 is 0 Å². The molecule has 1 aromatic carbocycles. The average Bonchev–Trinajstić information content (AvgIpc) is 3.05. The number of hydrogen-bond donors (Lipinski definition) is 1. The van der Waals surface area contributed by atoms with Crippen molar-refractivity contribution in [1.29, 1.82) is 0 Å². The van der Waals surface area contributed by atoms with Crippen molar-refractivity contribution >= 4 is 17.5 Å². The number of rotatable bonds is 7. The average molecular weight is 409 g/mol. The van der Waals surface area contributed by atoms with E-state index in [0.29, 0.717) is 34.5 Å². The predicted octanol–water partition coefficient (Wildman–Crippen LogP) is 2.82. The summed E-state index contributed by atoms with van der Waals surface area (Å²) in [6, 6.07) is 8.37. The van der Waals surface area contributed by atoms with Gasteiger partial charge in [0.25, 0.3) is 11.9 Å². The molecule has 0 saturated carbocycles. The van der Waals surface area contributed by atoms with Gasteiger partial charge in [0, 0.05) is 23.0 Å². The summed E-state index contributed by atoms with van der Waals surface area (Å²) in [5, 5.41) is 7.14. The Kier molecular flexibility index (Phi) is 6.10. The Bertz CT molecular complexity index is 1090. The number of nitrogens with one attached hydrogen (secondary N) is 1. The smallest absolute Gasteiger partial charge is 0.263 e. The fraction of sp³-hybridized carbons (Fsp3) is 0.286. The number of Topliss-reactive ketones (excluding diaryl/α,β-unsaturated/α-hetero) is 1. The summed E-state index contributed by atoms with van der Waals surface area (Å²) in [6.45, 7) is 6.75. The first-order valence-corrected chi connectivity index (χ1v) is 9.27. The van der Waals surface area contributed by atoms with Crippen molar-refractivity contribution in [3.63, 3.8) is 0 Å². The van der Waals surface area contributed by atoms with Gasteiger partial charge in [-0.1, -0.05) is 0 Å². The lowest BCUT2D eigenvalue weighted by atomic mass is 10.1. The fourth-order valence-electron chi connectivity index (χ4n) is 2.87. The van der Waals surface area contributed by atoms with Crippen molar-refractivity contribution in [2.75, 3.05) is 19.0 Å². The molecule has 3 aromatic rings. The van der Waals surface area contributed by atoms with Crippen LogP contribution in [0.4, 0.5) is 5.82 Å². The summed E-state index contributed by atoms with van der Waals surface area (Å²) in [5.41, 5.74) is 2.80. The number of anilines is 1. The third kappa shape index (κ3) is 4.80. The van der Waals surface area contributed by atoms with Crippen LogP contribution in [0.3, 0.4) is 0 Å². The van der Waals surface area contributed by atoms with Crippen molar-refractivity contribution in [2.24, 2.45) is 0 Å². The molecule has 0 saturated heterocycles. The van der Waals surface area contributed by atoms with Crippen molar-refractivity contribution < 1.29 is 19.1 Å². The highest BCUT2D eigenvalue weighted by Gasteiger charge is 2.15. The second-order valence-corrected chi connectivity index (χ2v) is 6.79. The lowest BCUT2D eigenvalue weighted by molar-refractivity contribution is -0.118. The van der Waals surface area contributed by atoms with Gasteiger partial charge in [-0.05, 0) is 52.0 Å². The maximum absolute atomic E-state index is 12.5. The third-order valence-corrected chi connectivity index (χ3v) is 4.19. The molecule has 0 fully saturated rings. The molecular formula is C21H23N5O4. The van der Waals surface area contributed by atoms with Crippen molar-refractivity contribution in [1.82, 2.24) is 19.7 Å². The van der Waals surface area contributed by atoms with Gasteiger partial charge in [-0.15, -0.1) is 0 Å². The second-order valence-electron chi connectivity index (χ2n) is 6.79. The Morgan fingerprint density at radius 2 is 1.70 bits per heavy atom. The monoisotopic (exact) mass is 409 g/mol. The Balaban J connectivity index is 1.74. The largest absolute Gasteiger partial charge is 0.493 e. The highest BCUT2D eigenvalue weighted by atomic mass is 16.5. The molecule has 0 aliphatic heterocycles. The number of methoxy groups -OCH3 is 1. The highest BCUT2D eigenvalue weighted by molar-refractivity contribution is 5.95. The standard InChI is InChI=1S/C21H23N5O4/c1-12-8-13(2)23-21(22-12)26-19(9-14(3)25-26)24-20(28)11-30-17-7-6-16(15(4)27)10-18(17)29-5/h6-10H,11H2,1-5H3,(H,24,28). The van der Waals surface area contributed by atoms with Crippen LogP contribution < -0.4 is 14.8 Å². The van der Waals surface area contributed by atoms with Gasteiger partial charge in [-0.25, -0.2) is 9.97 Å². The maximum Gasteiger partial charge on any atom is 0.263 e. The van der Waals surface area contributed by atoms with Crippen molar-refractivity contribution in [3.05, 3.63) is 53.0 Å².